The van der Waals surface area contributed by atoms with E-state index in [0.717, 1.165) is 11.3 Å². The second-order valence-corrected chi connectivity index (χ2v) is 7.19. The van der Waals surface area contributed by atoms with Gasteiger partial charge < -0.3 is 14.6 Å². The van der Waals surface area contributed by atoms with Crippen molar-refractivity contribution in [3.05, 3.63) is 54.2 Å². The Morgan fingerprint density at radius 1 is 1.16 bits per heavy atom. The lowest BCUT2D eigenvalue weighted by Crippen LogP contribution is -2.38. The Balaban J connectivity index is 1.65. The molecule has 11 heteroatoms. The van der Waals surface area contributed by atoms with Crippen LogP contribution in [0.15, 0.2) is 42.6 Å². The lowest BCUT2D eigenvalue weighted by molar-refractivity contribution is -0.105. The predicted octanol–water partition coefficient (Wildman–Crippen LogP) is 2.55. The number of hydrogen-bond acceptors (Lipinski definition) is 6. The maximum absolute atomic E-state index is 13.5. The normalized spacial score (nSPS) is 13.1. The van der Waals surface area contributed by atoms with E-state index in [1.165, 1.54) is 19.2 Å². The Hall–Kier alpha value is -4.28. The van der Waals surface area contributed by atoms with Crippen LogP contribution in [0.4, 0.5) is 15.0 Å². The summed E-state index contributed by atoms with van der Waals surface area (Å²) in [5, 5.41) is 7.17. The van der Waals surface area contributed by atoms with Crippen molar-refractivity contribution in [3.8, 4) is 22.6 Å². The Kier molecular flexibility index (Phi) is 4.77. The van der Waals surface area contributed by atoms with Gasteiger partial charge in [0, 0.05) is 18.7 Å². The number of anilines is 1. The molecule has 0 aliphatic carbocycles. The van der Waals surface area contributed by atoms with E-state index >= 15 is 0 Å². The van der Waals surface area contributed by atoms with Gasteiger partial charge in [0.15, 0.2) is 11.5 Å². The zero-order valence-electron chi connectivity index (χ0n) is 17.0. The predicted molar refractivity (Wildman–Crippen MR) is 112 cm³/mol. The highest BCUT2D eigenvalue weighted by Crippen LogP contribution is 2.34. The molecule has 0 saturated heterocycles. The first kappa shape index (κ1) is 19.7. The summed E-state index contributed by atoms with van der Waals surface area (Å²) in [5.74, 6) is 0.712. The van der Waals surface area contributed by atoms with Crippen LogP contribution in [0.3, 0.4) is 0 Å². The quantitative estimate of drug-likeness (QED) is 0.494. The van der Waals surface area contributed by atoms with Crippen molar-refractivity contribution in [3.63, 3.8) is 0 Å². The largest absolute Gasteiger partial charge is 0.453 e. The topological polar surface area (TPSA) is 107 Å². The first-order chi connectivity index (χ1) is 15.6. The minimum atomic E-state index is -0.419. The van der Waals surface area contributed by atoms with Crippen LogP contribution in [0, 0.1) is 5.82 Å². The number of halogens is 1. The number of hydrogen-bond donors (Lipinski definition) is 1. The summed E-state index contributed by atoms with van der Waals surface area (Å²) < 4.78 is 22.0. The second-order valence-electron chi connectivity index (χ2n) is 7.19. The molecule has 1 N–H and O–H groups in total. The first-order valence-electron chi connectivity index (χ1n) is 9.82. The molecule has 1 aromatic carbocycles. The number of nitrogens with one attached hydrogen (secondary N) is 1. The van der Waals surface area contributed by atoms with Crippen molar-refractivity contribution in [1.82, 2.24) is 29.0 Å². The average molecular weight is 435 g/mol. The van der Waals surface area contributed by atoms with Gasteiger partial charge in [-0.1, -0.05) is 0 Å². The van der Waals surface area contributed by atoms with Crippen molar-refractivity contribution in [2.75, 3.05) is 19.0 Å². The number of benzene rings is 1. The first-order valence-corrected chi connectivity index (χ1v) is 9.82. The summed E-state index contributed by atoms with van der Waals surface area (Å²) in [6.07, 6.45) is 1.74. The summed E-state index contributed by atoms with van der Waals surface area (Å²) in [5.41, 5.74) is 3.29. The van der Waals surface area contributed by atoms with E-state index in [-0.39, 0.29) is 12.4 Å². The van der Waals surface area contributed by atoms with Crippen LogP contribution >= 0.6 is 0 Å². The number of nitrogens with zero attached hydrogens (tertiary/aromatic N) is 6. The smallest absolute Gasteiger partial charge is 0.409 e. The van der Waals surface area contributed by atoms with Gasteiger partial charge in [-0.15, -0.1) is 0 Å². The Morgan fingerprint density at radius 3 is 2.72 bits per heavy atom. The van der Waals surface area contributed by atoms with E-state index in [4.69, 9.17) is 9.72 Å². The Bertz CT molecular complexity index is 1330. The number of methoxy groups -OCH3 is 1. The fraction of sp³-hybridized carbons (Fsp3) is 0.190. The third-order valence-corrected chi connectivity index (χ3v) is 5.29. The average Bonchev–Trinajstić information content (AvgIpc) is 3.39. The molecule has 10 nitrogen and oxygen atoms in total. The molecule has 162 valence electrons. The van der Waals surface area contributed by atoms with Crippen LogP contribution in [0.5, 0.6) is 0 Å². The standard InChI is InChI=1S/C21H18FN7O3/c1-32-21(31)27-8-9-28-18(11-27)25-19(13-2-4-14(22)5-3-13)20(28)15-6-7-17-24-16(23-12-30)10-29(17)26-15/h2-7,10,12H,8-9,11H2,1H3,(H,23,30). The molecule has 32 heavy (non-hydrogen) atoms. The minimum absolute atomic E-state index is 0.279. The van der Waals surface area contributed by atoms with E-state index in [1.807, 2.05) is 10.6 Å². The second kappa shape index (κ2) is 7.76. The van der Waals surface area contributed by atoms with Crippen LogP contribution in [-0.4, -0.2) is 55.2 Å². The highest BCUT2D eigenvalue weighted by atomic mass is 19.1. The summed E-state index contributed by atoms with van der Waals surface area (Å²) >= 11 is 0. The van der Waals surface area contributed by atoms with Crippen molar-refractivity contribution in [2.45, 2.75) is 13.1 Å². The molecule has 0 spiro atoms. The van der Waals surface area contributed by atoms with Crippen LogP contribution in [-0.2, 0) is 22.6 Å². The van der Waals surface area contributed by atoms with Gasteiger partial charge in [0.1, 0.15) is 17.3 Å². The lowest BCUT2D eigenvalue weighted by atomic mass is 10.1. The maximum atomic E-state index is 13.5. The zero-order valence-corrected chi connectivity index (χ0v) is 17.0. The summed E-state index contributed by atoms with van der Waals surface area (Å²) in [4.78, 5) is 33.4. The molecular formula is C21H18FN7O3. The van der Waals surface area contributed by atoms with Gasteiger partial charge in [-0.25, -0.2) is 23.7 Å². The van der Waals surface area contributed by atoms with Crippen molar-refractivity contribution in [2.24, 2.45) is 0 Å². The summed E-state index contributed by atoms with van der Waals surface area (Å²) in [6, 6.07) is 9.68. The molecule has 1 aliphatic rings. The number of rotatable bonds is 4. The monoisotopic (exact) mass is 435 g/mol. The third kappa shape index (κ3) is 3.33. The minimum Gasteiger partial charge on any atom is -0.453 e. The molecule has 0 atom stereocenters. The van der Waals surface area contributed by atoms with Gasteiger partial charge in [0.05, 0.1) is 31.2 Å². The Morgan fingerprint density at radius 2 is 1.97 bits per heavy atom. The lowest BCUT2D eigenvalue weighted by Gasteiger charge is -2.27. The maximum Gasteiger partial charge on any atom is 0.409 e. The molecule has 0 saturated carbocycles. The van der Waals surface area contributed by atoms with E-state index in [0.29, 0.717) is 48.2 Å². The van der Waals surface area contributed by atoms with Crippen LogP contribution < -0.4 is 5.32 Å². The zero-order chi connectivity index (χ0) is 22.2. The molecule has 4 heterocycles. The van der Waals surface area contributed by atoms with Crippen molar-refractivity contribution in [1.29, 1.82) is 0 Å². The van der Waals surface area contributed by atoms with E-state index in [2.05, 4.69) is 15.4 Å². The van der Waals surface area contributed by atoms with Gasteiger partial charge in [0.25, 0.3) is 0 Å². The molecule has 0 bridgehead atoms. The van der Waals surface area contributed by atoms with Crippen LogP contribution in [0.1, 0.15) is 5.82 Å². The van der Waals surface area contributed by atoms with Crippen molar-refractivity contribution < 1.29 is 18.7 Å². The molecule has 1 aliphatic heterocycles. The molecule has 2 amide bonds. The fourth-order valence-electron chi connectivity index (χ4n) is 3.82. The van der Waals surface area contributed by atoms with Gasteiger partial charge in [0.2, 0.25) is 6.41 Å². The summed E-state index contributed by atoms with van der Waals surface area (Å²) in [6.45, 7) is 1.23. The molecule has 3 aromatic heterocycles. The number of ether oxygens (including phenoxy) is 1. The third-order valence-electron chi connectivity index (χ3n) is 5.29. The van der Waals surface area contributed by atoms with Gasteiger partial charge >= 0.3 is 6.09 Å². The number of fused-ring (bicyclic) bond motifs is 2. The summed E-state index contributed by atoms with van der Waals surface area (Å²) in [7, 11) is 1.34. The van der Waals surface area contributed by atoms with Crippen LogP contribution in [0.25, 0.3) is 28.3 Å². The molecule has 0 fully saturated rings. The molecule has 4 aromatic rings. The number of amides is 2. The van der Waals surface area contributed by atoms with Crippen LogP contribution in [0.2, 0.25) is 0 Å². The number of aromatic nitrogens is 5. The number of carbonyl (C=O) groups excluding carboxylic acids is 2. The Labute approximate surface area is 181 Å². The van der Waals surface area contributed by atoms with E-state index in [9.17, 15) is 14.0 Å². The number of imidazole rings is 2. The highest BCUT2D eigenvalue weighted by molar-refractivity contribution is 5.78. The molecule has 5 rings (SSSR count). The van der Waals surface area contributed by atoms with E-state index < -0.39 is 6.09 Å². The van der Waals surface area contributed by atoms with Crippen molar-refractivity contribution >= 4 is 24.0 Å². The fourth-order valence-corrected chi connectivity index (χ4v) is 3.82. The van der Waals surface area contributed by atoms with Gasteiger partial charge in [-0.2, -0.15) is 5.10 Å². The molecular weight excluding hydrogens is 417 g/mol. The highest BCUT2D eigenvalue weighted by Gasteiger charge is 2.28. The molecule has 0 radical (unpaired) electrons. The van der Waals surface area contributed by atoms with E-state index in [1.54, 1.807) is 33.8 Å². The number of carbonyl (C=O) groups is 2. The van der Waals surface area contributed by atoms with Gasteiger partial charge in [-0.3, -0.25) is 9.69 Å². The molecule has 0 unspecified atom stereocenters. The van der Waals surface area contributed by atoms with Gasteiger partial charge in [-0.05, 0) is 36.4 Å². The SMILES string of the molecule is COC(=O)N1CCn2c(nc(-c3ccc(F)cc3)c2-c2ccc3nc(NC=O)cn3n2)C1.